The molecule has 1 atom stereocenters. The van der Waals surface area contributed by atoms with Gasteiger partial charge >= 0.3 is 0 Å². The van der Waals surface area contributed by atoms with Crippen molar-refractivity contribution in [3.8, 4) is 0 Å². The maximum atomic E-state index is 11.9. The van der Waals surface area contributed by atoms with Crippen molar-refractivity contribution in [3.05, 3.63) is 29.8 Å². The Morgan fingerprint density at radius 2 is 2.14 bits per heavy atom. The van der Waals surface area contributed by atoms with Gasteiger partial charge in [0.1, 0.15) is 0 Å². The Balaban J connectivity index is 1.90. The first-order valence-electron chi connectivity index (χ1n) is 7.32. The van der Waals surface area contributed by atoms with Crippen LogP contribution in [0.5, 0.6) is 0 Å². The van der Waals surface area contributed by atoms with Gasteiger partial charge in [0.15, 0.2) is 0 Å². The Hall–Kier alpha value is -1.88. The number of hydrogen-bond donors (Lipinski definition) is 2. The summed E-state index contributed by atoms with van der Waals surface area (Å²) < 4.78 is 0. The van der Waals surface area contributed by atoms with Crippen LogP contribution < -0.4 is 11.1 Å². The minimum absolute atomic E-state index is 0.0137. The molecule has 0 heterocycles. The van der Waals surface area contributed by atoms with Gasteiger partial charge in [-0.1, -0.05) is 12.1 Å². The minimum Gasteiger partial charge on any atom is -0.342 e. The SMILES string of the molecule is CC(=O)N(C)Cc1cccc(NC(=O)CC(N)C2CC2)c1. The Morgan fingerprint density at radius 1 is 1.43 bits per heavy atom. The highest BCUT2D eigenvalue weighted by molar-refractivity contribution is 5.91. The van der Waals surface area contributed by atoms with Crippen molar-refractivity contribution >= 4 is 17.5 Å². The molecule has 0 bridgehead atoms. The van der Waals surface area contributed by atoms with Gasteiger partial charge in [-0.2, -0.15) is 0 Å². The van der Waals surface area contributed by atoms with Crippen LogP contribution in [0.2, 0.25) is 0 Å². The number of amides is 2. The number of anilines is 1. The van der Waals surface area contributed by atoms with Crippen molar-refractivity contribution in [1.29, 1.82) is 0 Å². The molecular formula is C16H23N3O2. The van der Waals surface area contributed by atoms with Crippen LogP contribution in [0.4, 0.5) is 5.69 Å². The van der Waals surface area contributed by atoms with E-state index in [2.05, 4.69) is 5.32 Å². The average Bonchev–Trinajstić information content (AvgIpc) is 3.22. The molecular weight excluding hydrogens is 266 g/mol. The molecule has 2 rings (SSSR count). The first kappa shape index (κ1) is 15.5. The number of nitrogens with two attached hydrogens (primary N) is 1. The number of carbonyl (C=O) groups is 2. The molecule has 0 radical (unpaired) electrons. The van der Waals surface area contributed by atoms with Crippen molar-refractivity contribution in [3.63, 3.8) is 0 Å². The van der Waals surface area contributed by atoms with E-state index in [1.807, 2.05) is 24.3 Å². The zero-order valence-corrected chi connectivity index (χ0v) is 12.6. The van der Waals surface area contributed by atoms with Crippen LogP contribution in [-0.4, -0.2) is 29.8 Å². The maximum absolute atomic E-state index is 11.9. The molecule has 114 valence electrons. The number of nitrogens with one attached hydrogen (secondary N) is 1. The molecule has 0 aliphatic heterocycles. The van der Waals surface area contributed by atoms with Gasteiger partial charge in [0.25, 0.3) is 0 Å². The number of hydrogen-bond acceptors (Lipinski definition) is 3. The molecule has 1 aliphatic carbocycles. The molecule has 21 heavy (non-hydrogen) atoms. The Bertz CT molecular complexity index is 526. The van der Waals surface area contributed by atoms with Gasteiger partial charge in [0, 0.05) is 38.7 Å². The summed E-state index contributed by atoms with van der Waals surface area (Å²) in [6.45, 7) is 2.06. The van der Waals surface area contributed by atoms with E-state index in [1.165, 1.54) is 6.92 Å². The Kier molecular flexibility index (Phi) is 4.96. The quantitative estimate of drug-likeness (QED) is 0.837. The summed E-state index contributed by atoms with van der Waals surface area (Å²) >= 11 is 0. The van der Waals surface area contributed by atoms with Crippen molar-refractivity contribution in [2.45, 2.75) is 38.8 Å². The summed E-state index contributed by atoms with van der Waals surface area (Å²) in [6, 6.07) is 7.51. The van der Waals surface area contributed by atoms with Gasteiger partial charge in [-0.25, -0.2) is 0 Å². The molecule has 5 nitrogen and oxygen atoms in total. The highest BCUT2D eigenvalue weighted by Gasteiger charge is 2.29. The largest absolute Gasteiger partial charge is 0.342 e. The summed E-state index contributed by atoms with van der Waals surface area (Å²) in [6.07, 6.45) is 2.64. The van der Waals surface area contributed by atoms with E-state index in [0.717, 1.165) is 24.1 Å². The lowest BCUT2D eigenvalue weighted by Crippen LogP contribution is -2.28. The fourth-order valence-electron chi connectivity index (χ4n) is 2.25. The van der Waals surface area contributed by atoms with Gasteiger partial charge in [-0.3, -0.25) is 9.59 Å². The molecule has 0 aromatic heterocycles. The molecule has 3 N–H and O–H groups in total. The van der Waals surface area contributed by atoms with Gasteiger partial charge < -0.3 is 16.0 Å². The zero-order valence-electron chi connectivity index (χ0n) is 12.6. The normalized spacial score (nSPS) is 15.4. The first-order chi connectivity index (χ1) is 9.95. The monoisotopic (exact) mass is 289 g/mol. The third kappa shape index (κ3) is 4.86. The lowest BCUT2D eigenvalue weighted by atomic mass is 10.1. The Labute approximate surface area is 125 Å². The van der Waals surface area contributed by atoms with Crippen molar-refractivity contribution in [2.75, 3.05) is 12.4 Å². The molecule has 1 aliphatic rings. The first-order valence-corrected chi connectivity index (χ1v) is 7.32. The molecule has 1 aromatic rings. The van der Waals surface area contributed by atoms with Gasteiger partial charge in [-0.05, 0) is 36.5 Å². The standard InChI is InChI=1S/C16H23N3O2/c1-11(20)19(2)10-12-4-3-5-14(8-12)18-16(21)9-15(17)13-6-7-13/h3-5,8,13,15H,6-7,9-10,17H2,1-2H3,(H,18,21). The smallest absolute Gasteiger partial charge is 0.225 e. The highest BCUT2D eigenvalue weighted by Crippen LogP contribution is 2.32. The van der Waals surface area contributed by atoms with Crippen LogP contribution in [0.1, 0.15) is 31.7 Å². The number of nitrogens with zero attached hydrogens (tertiary/aromatic N) is 1. The van der Waals surface area contributed by atoms with E-state index in [0.29, 0.717) is 18.9 Å². The molecule has 0 spiro atoms. The van der Waals surface area contributed by atoms with E-state index in [9.17, 15) is 9.59 Å². The number of benzene rings is 1. The molecule has 1 unspecified atom stereocenters. The third-order valence-electron chi connectivity index (χ3n) is 3.82. The van der Waals surface area contributed by atoms with Crippen molar-refractivity contribution < 1.29 is 9.59 Å². The summed E-state index contributed by atoms with van der Waals surface area (Å²) in [5.74, 6) is 0.484. The fourth-order valence-corrected chi connectivity index (χ4v) is 2.25. The van der Waals surface area contributed by atoms with Crippen LogP contribution in [0.15, 0.2) is 24.3 Å². The Morgan fingerprint density at radius 3 is 2.76 bits per heavy atom. The van der Waals surface area contributed by atoms with E-state index in [-0.39, 0.29) is 17.9 Å². The molecule has 1 fully saturated rings. The highest BCUT2D eigenvalue weighted by atomic mass is 16.2. The van der Waals surface area contributed by atoms with Gasteiger partial charge in [0.05, 0.1) is 0 Å². The van der Waals surface area contributed by atoms with Crippen molar-refractivity contribution in [1.82, 2.24) is 4.90 Å². The fraction of sp³-hybridized carbons (Fsp3) is 0.500. The lowest BCUT2D eigenvalue weighted by molar-refractivity contribution is -0.128. The second-order valence-electron chi connectivity index (χ2n) is 5.83. The van der Waals surface area contributed by atoms with Crippen LogP contribution in [-0.2, 0) is 16.1 Å². The zero-order chi connectivity index (χ0) is 15.4. The maximum Gasteiger partial charge on any atom is 0.225 e. The average molecular weight is 289 g/mol. The second-order valence-corrected chi connectivity index (χ2v) is 5.83. The molecule has 5 heteroatoms. The molecule has 2 amide bonds. The van der Waals surface area contributed by atoms with E-state index in [1.54, 1.807) is 11.9 Å². The molecule has 0 saturated heterocycles. The van der Waals surface area contributed by atoms with E-state index in [4.69, 9.17) is 5.73 Å². The lowest BCUT2D eigenvalue weighted by Gasteiger charge is -2.16. The van der Waals surface area contributed by atoms with E-state index >= 15 is 0 Å². The van der Waals surface area contributed by atoms with Crippen molar-refractivity contribution in [2.24, 2.45) is 11.7 Å². The number of carbonyl (C=O) groups excluding carboxylic acids is 2. The topological polar surface area (TPSA) is 75.4 Å². The van der Waals surface area contributed by atoms with E-state index < -0.39 is 0 Å². The van der Waals surface area contributed by atoms with Crippen LogP contribution in [0, 0.1) is 5.92 Å². The molecule has 1 saturated carbocycles. The van der Waals surface area contributed by atoms with Crippen LogP contribution in [0.3, 0.4) is 0 Å². The van der Waals surface area contributed by atoms with Gasteiger partial charge in [0.2, 0.25) is 11.8 Å². The number of rotatable bonds is 6. The summed E-state index contributed by atoms with van der Waals surface area (Å²) in [7, 11) is 1.75. The molecule has 1 aromatic carbocycles. The predicted octanol–water partition coefficient (Wildman–Crippen LogP) is 1.73. The minimum atomic E-state index is -0.0496. The summed E-state index contributed by atoms with van der Waals surface area (Å²) in [5, 5.41) is 2.88. The van der Waals surface area contributed by atoms with Gasteiger partial charge in [-0.15, -0.1) is 0 Å². The second kappa shape index (κ2) is 6.72. The summed E-state index contributed by atoms with van der Waals surface area (Å²) in [5.41, 5.74) is 7.69. The summed E-state index contributed by atoms with van der Waals surface area (Å²) in [4.78, 5) is 24.8. The van der Waals surface area contributed by atoms with Crippen LogP contribution in [0.25, 0.3) is 0 Å². The third-order valence-corrected chi connectivity index (χ3v) is 3.82. The van der Waals surface area contributed by atoms with Crippen LogP contribution >= 0.6 is 0 Å². The predicted molar refractivity (Wildman–Crippen MR) is 82.5 cm³/mol.